The van der Waals surface area contributed by atoms with Gasteiger partial charge in [0.05, 0.1) is 20.2 Å². The van der Waals surface area contributed by atoms with Gasteiger partial charge in [-0.2, -0.15) is 0 Å². The molecule has 2 N–H and O–H groups in total. The second kappa shape index (κ2) is 14.8. The van der Waals surface area contributed by atoms with Crippen molar-refractivity contribution < 1.29 is 14.3 Å². The number of aliphatic imine (C=N–C) groups is 1. The van der Waals surface area contributed by atoms with Crippen LogP contribution in [-0.2, 0) is 22.5 Å². The zero-order valence-electron chi connectivity index (χ0n) is 19.3. The average Bonchev–Trinajstić information content (AvgIpc) is 2.84. The lowest BCUT2D eigenvalue weighted by Gasteiger charge is -2.19. The van der Waals surface area contributed by atoms with Gasteiger partial charge in [-0.3, -0.25) is 9.78 Å². The van der Waals surface area contributed by atoms with E-state index < -0.39 is 0 Å². The Bertz CT molecular complexity index is 812. The number of carbonyl (C=O) groups excluding carboxylic acids is 1. The molecule has 0 aliphatic rings. The third kappa shape index (κ3) is 9.78. The van der Waals surface area contributed by atoms with E-state index in [4.69, 9.17) is 9.47 Å². The number of amides is 1. The van der Waals surface area contributed by atoms with Crippen LogP contribution in [0.25, 0.3) is 0 Å². The van der Waals surface area contributed by atoms with Gasteiger partial charge in [0.1, 0.15) is 5.75 Å². The van der Waals surface area contributed by atoms with E-state index in [0.29, 0.717) is 38.8 Å². The first-order chi connectivity index (χ1) is 15.6. The van der Waals surface area contributed by atoms with Gasteiger partial charge in [-0.25, -0.2) is 4.99 Å². The Labute approximate surface area is 191 Å². The summed E-state index contributed by atoms with van der Waals surface area (Å²) in [7, 11) is 3.45. The van der Waals surface area contributed by atoms with E-state index in [1.165, 1.54) is 0 Å². The molecule has 1 amide bonds. The summed E-state index contributed by atoms with van der Waals surface area (Å²) in [6.07, 6.45) is 3.34. The van der Waals surface area contributed by atoms with Gasteiger partial charge in [0.25, 0.3) is 0 Å². The SMILES string of the molecule is CCOCCCNC(=NCc1ccc(OC)cc1)NCC(=O)N(C)CCc1ccccn1. The lowest BCUT2D eigenvalue weighted by atomic mass is 10.2. The summed E-state index contributed by atoms with van der Waals surface area (Å²) >= 11 is 0. The molecule has 0 spiro atoms. The van der Waals surface area contributed by atoms with Crippen molar-refractivity contribution in [3.8, 4) is 5.75 Å². The Hall–Kier alpha value is -3.13. The van der Waals surface area contributed by atoms with Gasteiger partial charge in [-0.05, 0) is 43.2 Å². The molecule has 0 saturated heterocycles. The molecule has 32 heavy (non-hydrogen) atoms. The lowest BCUT2D eigenvalue weighted by Crippen LogP contribution is -2.44. The van der Waals surface area contributed by atoms with Gasteiger partial charge < -0.3 is 25.0 Å². The minimum atomic E-state index is -0.00538. The van der Waals surface area contributed by atoms with Crippen LogP contribution in [0.4, 0.5) is 0 Å². The van der Waals surface area contributed by atoms with Crippen LogP contribution in [0.3, 0.4) is 0 Å². The lowest BCUT2D eigenvalue weighted by molar-refractivity contribution is -0.128. The normalized spacial score (nSPS) is 11.2. The number of carbonyl (C=O) groups is 1. The van der Waals surface area contributed by atoms with Crippen molar-refractivity contribution in [1.82, 2.24) is 20.5 Å². The molecule has 0 radical (unpaired) electrons. The smallest absolute Gasteiger partial charge is 0.241 e. The first-order valence-corrected chi connectivity index (χ1v) is 11.0. The summed E-state index contributed by atoms with van der Waals surface area (Å²) in [6.45, 7) is 5.34. The van der Waals surface area contributed by atoms with Gasteiger partial charge in [-0.1, -0.05) is 18.2 Å². The molecule has 2 aromatic rings. The number of hydrogen-bond acceptors (Lipinski definition) is 5. The number of ether oxygens (including phenoxy) is 2. The molecule has 8 nitrogen and oxygen atoms in total. The fourth-order valence-corrected chi connectivity index (χ4v) is 2.85. The Morgan fingerprint density at radius 3 is 2.66 bits per heavy atom. The van der Waals surface area contributed by atoms with Crippen molar-refractivity contribution in [2.75, 3.05) is 47.0 Å². The minimum Gasteiger partial charge on any atom is -0.497 e. The summed E-state index contributed by atoms with van der Waals surface area (Å²) in [5.74, 6) is 1.41. The third-order valence-corrected chi connectivity index (χ3v) is 4.80. The molecule has 174 valence electrons. The number of benzene rings is 1. The highest BCUT2D eigenvalue weighted by molar-refractivity contribution is 5.86. The van der Waals surface area contributed by atoms with Gasteiger partial charge in [-0.15, -0.1) is 0 Å². The van der Waals surface area contributed by atoms with E-state index in [9.17, 15) is 4.79 Å². The zero-order chi connectivity index (χ0) is 23.0. The number of likely N-dealkylation sites (N-methyl/N-ethyl adjacent to an activating group) is 1. The van der Waals surface area contributed by atoms with Crippen molar-refractivity contribution in [3.63, 3.8) is 0 Å². The molecule has 0 bridgehead atoms. The van der Waals surface area contributed by atoms with E-state index in [1.54, 1.807) is 25.3 Å². The van der Waals surface area contributed by atoms with E-state index in [2.05, 4.69) is 20.6 Å². The zero-order valence-corrected chi connectivity index (χ0v) is 19.3. The second-order valence-corrected chi connectivity index (χ2v) is 7.23. The fourth-order valence-electron chi connectivity index (χ4n) is 2.85. The predicted octanol–water partition coefficient (Wildman–Crippen LogP) is 2.25. The highest BCUT2D eigenvalue weighted by atomic mass is 16.5. The predicted molar refractivity (Wildman–Crippen MR) is 127 cm³/mol. The molecule has 0 unspecified atom stereocenters. The molecule has 1 aromatic heterocycles. The highest BCUT2D eigenvalue weighted by Crippen LogP contribution is 2.11. The molecular formula is C24H35N5O3. The summed E-state index contributed by atoms with van der Waals surface area (Å²) in [4.78, 5) is 23.2. The number of guanidine groups is 1. The van der Waals surface area contributed by atoms with Crippen LogP contribution in [0.15, 0.2) is 53.7 Å². The molecule has 0 saturated carbocycles. The highest BCUT2D eigenvalue weighted by Gasteiger charge is 2.10. The first-order valence-electron chi connectivity index (χ1n) is 11.0. The largest absolute Gasteiger partial charge is 0.497 e. The van der Waals surface area contributed by atoms with E-state index >= 15 is 0 Å². The van der Waals surface area contributed by atoms with Crippen LogP contribution >= 0.6 is 0 Å². The van der Waals surface area contributed by atoms with Crippen LogP contribution < -0.4 is 15.4 Å². The Balaban J connectivity index is 1.86. The van der Waals surface area contributed by atoms with Crippen LogP contribution in [0.1, 0.15) is 24.6 Å². The Morgan fingerprint density at radius 1 is 1.16 bits per heavy atom. The van der Waals surface area contributed by atoms with Crippen molar-refractivity contribution in [2.45, 2.75) is 26.3 Å². The average molecular weight is 442 g/mol. The van der Waals surface area contributed by atoms with Gasteiger partial charge in [0.15, 0.2) is 5.96 Å². The Kier molecular flexibility index (Phi) is 11.6. The molecule has 0 aliphatic heterocycles. The van der Waals surface area contributed by atoms with Gasteiger partial charge >= 0.3 is 0 Å². The topological polar surface area (TPSA) is 88.1 Å². The summed E-state index contributed by atoms with van der Waals surface area (Å²) in [5.41, 5.74) is 2.03. The maximum atomic E-state index is 12.6. The number of nitrogens with one attached hydrogen (secondary N) is 2. The molecule has 1 aromatic carbocycles. The minimum absolute atomic E-state index is 0.00538. The van der Waals surface area contributed by atoms with Crippen LogP contribution in [0.5, 0.6) is 5.75 Å². The molecule has 2 rings (SSSR count). The molecular weight excluding hydrogens is 406 g/mol. The maximum Gasteiger partial charge on any atom is 0.241 e. The number of methoxy groups -OCH3 is 1. The van der Waals surface area contributed by atoms with Gasteiger partial charge in [0, 0.05) is 51.7 Å². The number of pyridine rings is 1. The molecule has 0 atom stereocenters. The van der Waals surface area contributed by atoms with E-state index in [-0.39, 0.29) is 12.5 Å². The van der Waals surface area contributed by atoms with Crippen molar-refractivity contribution in [2.24, 2.45) is 4.99 Å². The van der Waals surface area contributed by atoms with Crippen molar-refractivity contribution >= 4 is 11.9 Å². The fraction of sp³-hybridized carbons (Fsp3) is 0.458. The van der Waals surface area contributed by atoms with Crippen LogP contribution in [0.2, 0.25) is 0 Å². The standard InChI is InChI=1S/C24H35N5O3/c1-4-32-17-7-15-26-24(27-18-20-9-11-22(31-3)12-10-20)28-19-23(30)29(2)16-13-21-8-5-6-14-25-21/h5-6,8-12,14H,4,7,13,15-19H2,1-3H3,(H2,26,27,28). The van der Waals surface area contributed by atoms with Crippen LogP contribution in [0, 0.1) is 0 Å². The number of hydrogen-bond donors (Lipinski definition) is 2. The van der Waals surface area contributed by atoms with E-state index in [1.807, 2.05) is 49.4 Å². The third-order valence-electron chi connectivity index (χ3n) is 4.80. The van der Waals surface area contributed by atoms with Gasteiger partial charge in [0.2, 0.25) is 5.91 Å². The van der Waals surface area contributed by atoms with Crippen molar-refractivity contribution in [3.05, 3.63) is 59.9 Å². The Morgan fingerprint density at radius 2 is 1.97 bits per heavy atom. The molecule has 1 heterocycles. The molecule has 0 aliphatic carbocycles. The maximum absolute atomic E-state index is 12.6. The molecule has 0 fully saturated rings. The van der Waals surface area contributed by atoms with E-state index in [0.717, 1.165) is 29.8 Å². The number of aromatic nitrogens is 1. The summed E-state index contributed by atoms with van der Waals surface area (Å²) < 4.78 is 10.6. The number of rotatable bonds is 13. The molecule has 8 heteroatoms. The summed E-state index contributed by atoms with van der Waals surface area (Å²) in [6, 6.07) is 13.6. The summed E-state index contributed by atoms with van der Waals surface area (Å²) in [5, 5.41) is 6.43. The number of nitrogens with zero attached hydrogens (tertiary/aromatic N) is 3. The van der Waals surface area contributed by atoms with Crippen molar-refractivity contribution in [1.29, 1.82) is 0 Å². The van der Waals surface area contributed by atoms with Crippen LogP contribution in [-0.4, -0.2) is 68.8 Å². The quantitative estimate of drug-likeness (QED) is 0.282. The monoisotopic (exact) mass is 441 g/mol. The second-order valence-electron chi connectivity index (χ2n) is 7.23. The first kappa shape index (κ1) is 25.1.